The molecule has 1 aromatic carbocycles. The van der Waals surface area contributed by atoms with Crippen molar-refractivity contribution in [1.82, 2.24) is 14.9 Å². The molecule has 28 heavy (non-hydrogen) atoms. The highest BCUT2D eigenvalue weighted by atomic mass is 16.7. The van der Waals surface area contributed by atoms with Crippen LogP contribution in [0.15, 0.2) is 30.3 Å². The minimum atomic E-state index is -0.460. The summed E-state index contributed by atoms with van der Waals surface area (Å²) in [5.74, 6) is -0.301. The fourth-order valence-corrected chi connectivity index (χ4v) is 3.64. The predicted octanol–water partition coefficient (Wildman–Crippen LogP) is 2.78. The fourth-order valence-electron chi connectivity index (χ4n) is 3.64. The zero-order valence-electron chi connectivity index (χ0n) is 17.1. The molecule has 2 fully saturated rings. The zero-order chi connectivity index (χ0) is 20.1. The lowest BCUT2D eigenvalue weighted by Crippen LogP contribution is -2.55. The van der Waals surface area contributed by atoms with Crippen molar-refractivity contribution in [1.29, 1.82) is 0 Å². The van der Waals surface area contributed by atoms with Gasteiger partial charge in [-0.2, -0.15) is 0 Å². The molecule has 1 aromatic rings. The molecule has 154 valence electrons. The summed E-state index contributed by atoms with van der Waals surface area (Å²) in [5.41, 5.74) is 0.112. The van der Waals surface area contributed by atoms with Crippen LogP contribution in [-0.4, -0.2) is 77.8 Å². The molecule has 3 rings (SSSR count). The monoisotopic (exact) mass is 389 g/mol. The minimum absolute atomic E-state index is 0.227. The van der Waals surface area contributed by atoms with E-state index in [-0.39, 0.29) is 12.1 Å². The molecule has 2 aliphatic rings. The molecule has 7 nitrogen and oxygen atoms in total. The average Bonchev–Trinajstić information content (AvgIpc) is 2.68. The topological polar surface area (TPSA) is 62.3 Å². The number of piperidine rings is 1. The van der Waals surface area contributed by atoms with Crippen LogP contribution in [0.3, 0.4) is 0 Å². The number of hydrogen-bond donors (Lipinski definition) is 0. The first kappa shape index (κ1) is 20.6. The number of benzene rings is 1. The number of ether oxygens (including phenoxy) is 1. The SMILES string of the molecule is CC(C)(C)OC(=O)N1CCN(C2CCN(OC(=O)c3ccccc3)CC2)CC1. The molecule has 0 aliphatic carbocycles. The van der Waals surface area contributed by atoms with Crippen molar-refractivity contribution in [2.24, 2.45) is 0 Å². The average molecular weight is 389 g/mol. The van der Waals surface area contributed by atoms with Gasteiger partial charge in [0, 0.05) is 45.3 Å². The molecule has 7 heteroatoms. The van der Waals surface area contributed by atoms with E-state index < -0.39 is 5.60 Å². The predicted molar refractivity (Wildman–Crippen MR) is 106 cm³/mol. The molecule has 0 bridgehead atoms. The molecule has 0 spiro atoms. The van der Waals surface area contributed by atoms with Crippen molar-refractivity contribution in [2.45, 2.75) is 45.3 Å². The normalized spacial score (nSPS) is 20.0. The van der Waals surface area contributed by atoms with Crippen molar-refractivity contribution >= 4 is 12.1 Å². The van der Waals surface area contributed by atoms with Crippen molar-refractivity contribution in [3.8, 4) is 0 Å². The molecule has 0 aromatic heterocycles. The van der Waals surface area contributed by atoms with Gasteiger partial charge in [0.1, 0.15) is 5.60 Å². The Kier molecular flexibility index (Phi) is 6.57. The Hall–Kier alpha value is -2.12. The van der Waals surface area contributed by atoms with Crippen LogP contribution in [0.4, 0.5) is 4.79 Å². The van der Waals surface area contributed by atoms with Gasteiger partial charge in [0.2, 0.25) is 0 Å². The molecular formula is C21H31N3O4. The number of hydroxylamine groups is 2. The van der Waals surface area contributed by atoms with Gasteiger partial charge < -0.3 is 14.5 Å². The number of nitrogens with zero attached hydrogens (tertiary/aromatic N) is 3. The van der Waals surface area contributed by atoms with Gasteiger partial charge in [-0.3, -0.25) is 4.90 Å². The Balaban J connectivity index is 1.40. The molecule has 0 atom stereocenters. The number of amides is 1. The summed E-state index contributed by atoms with van der Waals surface area (Å²) < 4.78 is 5.46. The third kappa shape index (κ3) is 5.69. The van der Waals surface area contributed by atoms with Gasteiger partial charge in [0.05, 0.1) is 5.56 Å². The Morgan fingerprint density at radius 1 is 0.929 bits per heavy atom. The van der Waals surface area contributed by atoms with E-state index in [9.17, 15) is 9.59 Å². The van der Waals surface area contributed by atoms with Gasteiger partial charge in [0.15, 0.2) is 0 Å². The van der Waals surface area contributed by atoms with Crippen LogP contribution in [0.1, 0.15) is 44.0 Å². The van der Waals surface area contributed by atoms with Gasteiger partial charge >= 0.3 is 12.1 Å². The first-order valence-electron chi connectivity index (χ1n) is 10.1. The summed E-state index contributed by atoms with van der Waals surface area (Å²) in [7, 11) is 0. The van der Waals surface area contributed by atoms with Gasteiger partial charge in [-0.25, -0.2) is 9.59 Å². The van der Waals surface area contributed by atoms with Crippen LogP contribution in [0, 0.1) is 0 Å². The Morgan fingerprint density at radius 3 is 2.11 bits per heavy atom. The third-order valence-electron chi connectivity index (χ3n) is 5.13. The Labute approximate surface area is 167 Å². The highest BCUT2D eigenvalue weighted by Gasteiger charge is 2.31. The maximum absolute atomic E-state index is 12.2. The first-order valence-corrected chi connectivity index (χ1v) is 10.1. The van der Waals surface area contributed by atoms with E-state index in [1.165, 1.54) is 0 Å². The molecule has 1 amide bonds. The van der Waals surface area contributed by atoms with Crippen molar-refractivity contribution in [3.63, 3.8) is 0 Å². The lowest BCUT2D eigenvalue weighted by Gasteiger charge is -2.42. The second kappa shape index (κ2) is 8.92. The summed E-state index contributed by atoms with van der Waals surface area (Å²) in [5, 5.41) is 1.77. The van der Waals surface area contributed by atoms with Crippen LogP contribution in [-0.2, 0) is 9.57 Å². The molecular weight excluding hydrogens is 358 g/mol. The zero-order valence-corrected chi connectivity index (χ0v) is 17.1. The second-order valence-electron chi connectivity index (χ2n) is 8.41. The van der Waals surface area contributed by atoms with E-state index in [0.717, 1.165) is 39.0 Å². The number of hydrogen-bond acceptors (Lipinski definition) is 6. The van der Waals surface area contributed by atoms with E-state index in [0.29, 0.717) is 24.7 Å². The second-order valence-corrected chi connectivity index (χ2v) is 8.41. The summed E-state index contributed by atoms with van der Waals surface area (Å²) in [6, 6.07) is 9.54. The highest BCUT2D eigenvalue weighted by molar-refractivity contribution is 5.89. The molecule has 2 aliphatic heterocycles. The lowest BCUT2D eigenvalue weighted by atomic mass is 10.0. The molecule has 0 N–H and O–H groups in total. The van der Waals surface area contributed by atoms with Gasteiger partial charge in [-0.15, -0.1) is 5.06 Å². The van der Waals surface area contributed by atoms with E-state index in [1.54, 1.807) is 22.1 Å². The van der Waals surface area contributed by atoms with E-state index in [4.69, 9.17) is 9.57 Å². The van der Waals surface area contributed by atoms with Crippen LogP contribution in [0.2, 0.25) is 0 Å². The lowest BCUT2D eigenvalue weighted by molar-refractivity contribution is -0.129. The van der Waals surface area contributed by atoms with E-state index in [1.807, 2.05) is 39.0 Å². The summed E-state index contributed by atoms with van der Waals surface area (Å²) >= 11 is 0. The number of carbonyl (C=O) groups is 2. The summed E-state index contributed by atoms with van der Waals surface area (Å²) in [6.45, 7) is 10.2. The highest BCUT2D eigenvalue weighted by Crippen LogP contribution is 2.20. The summed E-state index contributed by atoms with van der Waals surface area (Å²) in [4.78, 5) is 34.1. The summed E-state index contributed by atoms with van der Waals surface area (Å²) in [6.07, 6.45) is 1.68. The molecule has 0 unspecified atom stereocenters. The van der Waals surface area contributed by atoms with Crippen LogP contribution < -0.4 is 0 Å². The first-order chi connectivity index (χ1) is 13.3. The largest absolute Gasteiger partial charge is 0.444 e. The van der Waals surface area contributed by atoms with Gasteiger partial charge in [-0.05, 0) is 45.7 Å². The third-order valence-corrected chi connectivity index (χ3v) is 5.13. The fraction of sp³-hybridized carbons (Fsp3) is 0.619. The maximum atomic E-state index is 12.2. The van der Waals surface area contributed by atoms with Gasteiger partial charge in [0.25, 0.3) is 0 Å². The van der Waals surface area contributed by atoms with Crippen molar-refractivity contribution in [3.05, 3.63) is 35.9 Å². The van der Waals surface area contributed by atoms with Crippen LogP contribution in [0.5, 0.6) is 0 Å². The Bertz CT molecular complexity index is 658. The Morgan fingerprint density at radius 2 is 1.54 bits per heavy atom. The molecule has 2 saturated heterocycles. The van der Waals surface area contributed by atoms with Crippen LogP contribution >= 0.6 is 0 Å². The molecule has 0 radical (unpaired) electrons. The maximum Gasteiger partial charge on any atom is 0.410 e. The van der Waals surface area contributed by atoms with E-state index in [2.05, 4.69) is 4.90 Å². The van der Waals surface area contributed by atoms with Crippen molar-refractivity contribution in [2.75, 3.05) is 39.3 Å². The quantitative estimate of drug-likeness (QED) is 0.792. The van der Waals surface area contributed by atoms with E-state index >= 15 is 0 Å². The van der Waals surface area contributed by atoms with Crippen LogP contribution in [0.25, 0.3) is 0 Å². The number of piperazine rings is 1. The standard InChI is InChI=1S/C21H31N3O4/c1-21(2,3)27-20(26)23-15-13-22(14-16-23)18-9-11-24(12-10-18)28-19(25)17-7-5-4-6-8-17/h4-8,18H,9-16H2,1-3H3. The molecule has 0 saturated carbocycles. The number of rotatable bonds is 3. The minimum Gasteiger partial charge on any atom is -0.444 e. The molecule has 2 heterocycles. The number of carbonyl (C=O) groups excluding carboxylic acids is 2. The van der Waals surface area contributed by atoms with Gasteiger partial charge in [-0.1, -0.05) is 18.2 Å². The smallest absolute Gasteiger partial charge is 0.410 e. The van der Waals surface area contributed by atoms with Crippen molar-refractivity contribution < 1.29 is 19.2 Å².